The lowest BCUT2D eigenvalue weighted by molar-refractivity contribution is 0.101. The van der Waals surface area contributed by atoms with Gasteiger partial charge in [0.1, 0.15) is 11.5 Å². The minimum absolute atomic E-state index is 0.0487. The van der Waals surface area contributed by atoms with Crippen molar-refractivity contribution in [2.24, 2.45) is 0 Å². The van der Waals surface area contributed by atoms with E-state index in [0.29, 0.717) is 28.9 Å². The van der Waals surface area contributed by atoms with Gasteiger partial charge in [0.05, 0.1) is 5.56 Å². The molecule has 5 rings (SSSR count). The Kier molecular flexibility index (Phi) is 6.41. The SMILES string of the molecule is CC(=O)c1c(C)c2cnc(Nc3ccc(C4CCNCC4)cn3)nc2n(C2CCCCC2)c1=O. The molecule has 0 radical (unpaired) electrons. The van der Waals surface area contributed by atoms with Crippen LogP contribution in [0.5, 0.6) is 0 Å². The predicted molar refractivity (Wildman–Crippen MR) is 133 cm³/mol. The van der Waals surface area contributed by atoms with E-state index in [4.69, 9.17) is 4.98 Å². The number of hydrogen-bond donors (Lipinski definition) is 2. The first-order valence-electron chi connectivity index (χ1n) is 12.4. The van der Waals surface area contributed by atoms with Gasteiger partial charge in [-0.05, 0) is 75.7 Å². The van der Waals surface area contributed by atoms with Crippen molar-refractivity contribution in [3.8, 4) is 0 Å². The molecular formula is C26H32N6O2. The van der Waals surface area contributed by atoms with Crippen LogP contribution in [0, 0.1) is 6.92 Å². The molecule has 8 nitrogen and oxygen atoms in total. The molecule has 2 N–H and O–H groups in total. The van der Waals surface area contributed by atoms with Crippen LogP contribution in [-0.4, -0.2) is 38.4 Å². The zero-order chi connectivity index (χ0) is 23.7. The molecule has 0 amide bonds. The first-order chi connectivity index (χ1) is 16.5. The molecule has 0 spiro atoms. The number of Topliss-reactive ketones (excluding diaryl/α,β-unsaturated/α-hetero) is 1. The molecule has 1 aliphatic carbocycles. The average Bonchev–Trinajstić information content (AvgIpc) is 2.85. The Balaban J connectivity index is 1.51. The smallest absolute Gasteiger partial charge is 0.263 e. The van der Waals surface area contributed by atoms with E-state index in [-0.39, 0.29) is 22.9 Å². The Hall–Kier alpha value is -3.13. The monoisotopic (exact) mass is 460 g/mol. The summed E-state index contributed by atoms with van der Waals surface area (Å²) < 4.78 is 1.75. The van der Waals surface area contributed by atoms with Gasteiger partial charge in [-0.1, -0.05) is 25.3 Å². The molecule has 178 valence electrons. The lowest BCUT2D eigenvalue weighted by Crippen LogP contribution is -2.32. The first-order valence-corrected chi connectivity index (χ1v) is 12.4. The second-order valence-electron chi connectivity index (χ2n) is 9.58. The van der Waals surface area contributed by atoms with Gasteiger partial charge in [0.2, 0.25) is 5.95 Å². The van der Waals surface area contributed by atoms with Gasteiger partial charge in [-0.25, -0.2) is 9.97 Å². The molecule has 34 heavy (non-hydrogen) atoms. The van der Waals surface area contributed by atoms with Crippen LogP contribution in [0.1, 0.15) is 85.3 Å². The molecule has 0 atom stereocenters. The molecule has 3 aromatic heterocycles. The van der Waals surface area contributed by atoms with E-state index in [9.17, 15) is 9.59 Å². The summed E-state index contributed by atoms with van der Waals surface area (Å²) in [4.78, 5) is 39.6. The molecular weight excluding hydrogens is 428 g/mol. The summed E-state index contributed by atoms with van der Waals surface area (Å²) in [6.45, 7) is 5.35. The quantitative estimate of drug-likeness (QED) is 0.544. The van der Waals surface area contributed by atoms with Crippen molar-refractivity contribution in [2.45, 2.75) is 70.8 Å². The highest BCUT2D eigenvalue weighted by Gasteiger charge is 2.25. The lowest BCUT2D eigenvalue weighted by atomic mass is 9.91. The number of fused-ring (bicyclic) bond motifs is 1. The van der Waals surface area contributed by atoms with Crippen LogP contribution < -0.4 is 16.2 Å². The van der Waals surface area contributed by atoms with Crippen LogP contribution in [0.2, 0.25) is 0 Å². The van der Waals surface area contributed by atoms with Crippen molar-refractivity contribution >= 4 is 28.6 Å². The fourth-order valence-electron chi connectivity index (χ4n) is 5.48. The van der Waals surface area contributed by atoms with Crippen molar-refractivity contribution in [1.82, 2.24) is 24.8 Å². The number of ketones is 1. The van der Waals surface area contributed by atoms with Gasteiger partial charge in [0.15, 0.2) is 5.78 Å². The van der Waals surface area contributed by atoms with Crippen LogP contribution in [0.25, 0.3) is 11.0 Å². The molecule has 0 aromatic carbocycles. The number of aromatic nitrogens is 4. The van der Waals surface area contributed by atoms with Crippen molar-refractivity contribution < 1.29 is 4.79 Å². The van der Waals surface area contributed by atoms with E-state index < -0.39 is 0 Å². The number of nitrogens with one attached hydrogen (secondary N) is 2. The third-order valence-corrected chi connectivity index (χ3v) is 7.34. The van der Waals surface area contributed by atoms with Crippen LogP contribution >= 0.6 is 0 Å². The van der Waals surface area contributed by atoms with E-state index in [1.807, 2.05) is 19.2 Å². The second kappa shape index (κ2) is 9.62. The summed E-state index contributed by atoms with van der Waals surface area (Å²) in [5, 5.41) is 7.35. The fourth-order valence-corrected chi connectivity index (χ4v) is 5.48. The summed E-state index contributed by atoms with van der Waals surface area (Å²) in [6, 6.07) is 4.13. The number of rotatable bonds is 5. The summed E-state index contributed by atoms with van der Waals surface area (Å²) >= 11 is 0. The van der Waals surface area contributed by atoms with Crippen molar-refractivity contribution in [2.75, 3.05) is 18.4 Å². The summed E-state index contributed by atoms with van der Waals surface area (Å²) in [5.74, 6) is 1.39. The zero-order valence-corrected chi connectivity index (χ0v) is 19.9. The molecule has 0 bridgehead atoms. The number of piperidine rings is 1. The van der Waals surface area contributed by atoms with E-state index in [1.54, 1.807) is 10.8 Å². The highest BCUT2D eigenvalue weighted by molar-refractivity contribution is 5.99. The van der Waals surface area contributed by atoms with Gasteiger partial charge >= 0.3 is 0 Å². The maximum absolute atomic E-state index is 13.4. The van der Waals surface area contributed by atoms with Crippen LogP contribution in [0.3, 0.4) is 0 Å². The predicted octanol–water partition coefficient (Wildman–Crippen LogP) is 4.41. The third-order valence-electron chi connectivity index (χ3n) is 7.34. The van der Waals surface area contributed by atoms with Gasteiger partial charge in [0, 0.05) is 23.8 Å². The van der Waals surface area contributed by atoms with Gasteiger partial charge in [-0.15, -0.1) is 0 Å². The van der Waals surface area contributed by atoms with E-state index in [0.717, 1.165) is 57.0 Å². The van der Waals surface area contributed by atoms with Gasteiger partial charge in [0.25, 0.3) is 5.56 Å². The van der Waals surface area contributed by atoms with Crippen LogP contribution in [-0.2, 0) is 0 Å². The molecule has 4 heterocycles. The number of aryl methyl sites for hydroxylation is 1. The number of pyridine rings is 2. The average molecular weight is 461 g/mol. The molecule has 0 unspecified atom stereocenters. The molecule has 1 aliphatic heterocycles. The van der Waals surface area contributed by atoms with Gasteiger partial charge < -0.3 is 10.6 Å². The van der Waals surface area contributed by atoms with E-state index in [2.05, 4.69) is 26.7 Å². The molecule has 2 fully saturated rings. The molecule has 1 saturated heterocycles. The number of anilines is 2. The van der Waals surface area contributed by atoms with Gasteiger partial charge in [-0.2, -0.15) is 4.98 Å². The maximum Gasteiger partial charge on any atom is 0.263 e. The highest BCUT2D eigenvalue weighted by atomic mass is 16.1. The Labute approximate surface area is 199 Å². The zero-order valence-electron chi connectivity index (χ0n) is 19.9. The van der Waals surface area contributed by atoms with Crippen LogP contribution in [0.15, 0.2) is 29.3 Å². The van der Waals surface area contributed by atoms with Gasteiger partial charge in [-0.3, -0.25) is 14.2 Å². The van der Waals surface area contributed by atoms with Crippen LogP contribution in [0.4, 0.5) is 11.8 Å². The van der Waals surface area contributed by atoms with Crippen molar-refractivity contribution in [3.63, 3.8) is 0 Å². The fraction of sp³-hybridized carbons (Fsp3) is 0.500. The number of nitrogens with zero attached hydrogens (tertiary/aromatic N) is 4. The maximum atomic E-state index is 13.4. The summed E-state index contributed by atoms with van der Waals surface area (Å²) in [5.41, 5.74) is 2.50. The third kappa shape index (κ3) is 4.34. The largest absolute Gasteiger partial charge is 0.317 e. The Morgan fingerprint density at radius 3 is 2.50 bits per heavy atom. The minimum Gasteiger partial charge on any atom is -0.317 e. The molecule has 1 saturated carbocycles. The topological polar surface area (TPSA) is 102 Å². The Morgan fingerprint density at radius 2 is 1.82 bits per heavy atom. The van der Waals surface area contributed by atoms with E-state index >= 15 is 0 Å². The minimum atomic E-state index is -0.238. The summed E-state index contributed by atoms with van der Waals surface area (Å²) in [7, 11) is 0. The first kappa shape index (κ1) is 22.7. The normalized spacial score (nSPS) is 17.7. The Bertz CT molecular complexity index is 1260. The Morgan fingerprint density at radius 1 is 1.06 bits per heavy atom. The number of carbonyl (C=O) groups is 1. The van der Waals surface area contributed by atoms with Crippen molar-refractivity contribution in [1.29, 1.82) is 0 Å². The highest BCUT2D eigenvalue weighted by Crippen LogP contribution is 2.31. The standard InChI is InChI=1S/C26H32N6O2/c1-16-21-15-29-26(30-22-9-8-19(14-28-22)18-10-12-27-13-11-18)31-24(21)32(20-6-4-3-5-7-20)25(34)23(16)17(2)33/h8-9,14-15,18,20,27H,3-7,10-13H2,1-2H3,(H,28,29,30,31). The van der Waals surface area contributed by atoms with Crippen molar-refractivity contribution in [3.05, 3.63) is 51.6 Å². The van der Waals surface area contributed by atoms with E-state index in [1.165, 1.54) is 18.9 Å². The molecule has 2 aliphatic rings. The number of hydrogen-bond acceptors (Lipinski definition) is 7. The number of carbonyl (C=O) groups excluding carboxylic acids is 1. The molecule has 3 aromatic rings. The molecule has 8 heteroatoms. The summed E-state index contributed by atoms with van der Waals surface area (Å²) in [6.07, 6.45) is 11.1. The lowest BCUT2D eigenvalue weighted by Gasteiger charge is -2.26. The second-order valence-corrected chi connectivity index (χ2v) is 9.58.